The van der Waals surface area contributed by atoms with Crippen molar-refractivity contribution in [3.05, 3.63) is 17.5 Å². The van der Waals surface area contributed by atoms with Crippen LogP contribution in [0.5, 0.6) is 0 Å². The summed E-state index contributed by atoms with van der Waals surface area (Å²) in [7, 11) is 2.06. The molecule has 14 heavy (non-hydrogen) atoms. The lowest BCUT2D eigenvalue weighted by Crippen LogP contribution is -2.20. The molecule has 1 heterocycles. The van der Waals surface area contributed by atoms with Crippen molar-refractivity contribution < 1.29 is 0 Å². The monoisotopic (exact) mass is 193 g/mol. The van der Waals surface area contributed by atoms with Crippen LogP contribution in [0.2, 0.25) is 0 Å². The highest BCUT2D eigenvalue weighted by Gasteiger charge is 2.08. The second-order valence-corrected chi connectivity index (χ2v) is 3.70. The van der Waals surface area contributed by atoms with Crippen LogP contribution in [0.15, 0.2) is 6.07 Å². The lowest BCUT2D eigenvalue weighted by molar-refractivity contribution is 0.850. The number of pyridine rings is 1. The molecule has 0 bridgehead atoms. The van der Waals surface area contributed by atoms with Crippen molar-refractivity contribution >= 4 is 11.4 Å². The predicted octanol–water partition coefficient (Wildman–Crippen LogP) is 2.13. The van der Waals surface area contributed by atoms with Crippen LogP contribution < -0.4 is 10.6 Å². The Labute approximate surface area is 85.9 Å². The summed E-state index contributed by atoms with van der Waals surface area (Å²) in [6.45, 7) is 7.13. The predicted molar refractivity (Wildman–Crippen MR) is 61.7 cm³/mol. The Morgan fingerprint density at radius 1 is 1.43 bits per heavy atom. The Hall–Kier alpha value is -1.25. The van der Waals surface area contributed by atoms with E-state index >= 15 is 0 Å². The number of nitrogens with zero attached hydrogens (tertiary/aromatic N) is 2. The summed E-state index contributed by atoms with van der Waals surface area (Å²) in [5, 5.41) is 0. The molecular weight excluding hydrogens is 174 g/mol. The van der Waals surface area contributed by atoms with Gasteiger partial charge in [-0.2, -0.15) is 0 Å². The maximum absolute atomic E-state index is 5.98. The normalized spacial score (nSPS) is 10.3. The minimum absolute atomic E-state index is 0.798. The van der Waals surface area contributed by atoms with Crippen LogP contribution in [-0.2, 0) is 0 Å². The van der Waals surface area contributed by atoms with Gasteiger partial charge >= 0.3 is 0 Å². The van der Waals surface area contributed by atoms with E-state index in [1.807, 2.05) is 19.9 Å². The highest BCUT2D eigenvalue weighted by atomic mass is 15.1. The standard InChI is InChI=1S/C11H19N3/c1-5-6-14(4)10-7-8(2)13-9(3)11(10)12/h7H,5-6,12H2,1-4H3. The van der Waals surface area contributed by atoms with Crippen molar-refractivity contribution in [3.8, 4) is 0 Å². The number of nitrogen functional groups attached to an aromatic ring is 1. The van der Waals surface area contributed by atoms with E-state index in [1.54, 1.807) is 0 Å². The topological polar surface area (TPSA) is 42.2 Å². The average molecular weight is 193 g/mol. The SMILES string of the molecule is CCCN(C)c1cc(C)nc(C)c1N. The molecule has 0 saturated heterocycles. The molecule has 0 spiro atoms. The number of aryl methyl sites for hydroxylation is 2. The third kappa shape index (κ3) is 2.16. The molecule has 1 aromatic heterocycles. The molecule has 0 aliphatic heterocycles. The molecule has 78 valence electrons. The van der Waals surface area contributed by atoms with Gasteiger partial charge in [0.1, 0.15) is 0 Å². The van der Waals surface area contributed by atoms with E-state index in [2.05, 4.69) is 23.9 Å². The first-order chi connectivity index (χ1) is 6.56. The molecule has 3 nitrogen and oxygen atoms in total. The van der Waals surface area contributed by atoms with Crippen LogP contribution in [-0.4, -0.2) is 18.6 Å². The number of rotatable bonds is 3. The largest absolute Gasteiger partial charge is 0.396 e. The summed E-state index contributed by atoms with van der Waals surface area (Å²) >= 11 is 0. The zero-order valence-corrected chi connectivity index (χ0v) is 9.46. The fraction of sp³-hybridized carbons (Fsp3) is 0.545. The van der Waals surface area contributed by atoms with E-state index in [-0.39, 0.29) is 0 Å². The van der Waals surface area contributed by atoms with E-state index in [0.29, 0.717) is 0 Å². The maximum atomic E-state index is 5.98. The Morgan fingerprint density at radius 2 is 2.07 bits per heavy atom. The van der Waals surface area contributed by atoms with E-state index in [4.69, 9.17) is 5.73 Å². The molecular formula is C11H19N3. The zero-order valence-electron chi connectivity index (χ0n) is 9.46. The molecule has 3 heteroatoms. The first kappa shape index (κ1) is 10.8. The van der Waals surface area contributed by atoms with E-state index in [9.17, 15) is 0 Å². The Bertz CT molecular complexity index is 321. The van der Waals surface area contributed by atoms with Crippen LogP contribution >= 0.6 is 0 Å². The number of aromatic nitrogens is 1. The second-order valence-electron chi connectivity index (χ2n) is 3.70. The molecule has 0 amide bonds. The van der Waals surface area contributed by atoms with Crippen LogP contribution in [0.1, 0.15) is 24.7 Å². The van der Waals surface area contributed by atoms with E-state index < -0.39 is 0 Å². The van der Waals surface area contributed by atoms with Gasteiger partial charge in [0, 0.05) is 19.3 Å². The van der Waals surface area contributed by atoms with Crippen molar-refractivity contribution in [1.82, 2.24) is 4.98 Å². The van der Waals surface area contributed by atoms with Crippen LogP contribution in [0.4, 0.5) is 11.4 Å². The van der Waals surface area contributed by atoms with Gasteiger partial charge in [-0.15, -0.1) is 0 Å². The number of nitrogens with two attached hydrogens (primary N) is 1. The molecule has 2 N–H and O–H groups in total. The summed E-state index contributed by atoms with van der Waals surface area (Å²) in [6.07, 6.45) is 1.12. The van der Waals surface area contributed by atoms with Gasteiger partial charge in [-0.25, -0.2) is 0 Å². The smallest absolute Gasteiger partial charge is 0.0768 e. The molecule has 1 aromatic rings. The highest BCUT2D eigenvalue weighted by molar-refractivity contribution is 5.69. The van der Waals surface area contributed by atoms with Crippen molar-refractivity contribution in [1.29, 1.82) is 0 Å². The number of hydrogen-bond acceptors (Lipinski definition) is 3. The summed E-state index contributed by atoms with van der Waals surface area (Å²) in [6, 6.07) is 2.04. The Morgan fingerprint density at radius 3 is 2.64 bits per heavy atom. The molecule has 0 unspecified atom stereocenters. The van der Waals surface area contributed by atoms with Gasteiger partial charge in [0.25, 0.3) is 0 Å². The fourth-order valence-electron chi connectivity index (χ4n) is 1.59. The summed E-state index contributed by atoms with van der Waals surface area (Å²) in [5.41, 5.74) is 9.81. The lowest BCUT2D eigenvalue weighted by atomic mass is 10.2. The van der Waals surface area contributed by atoms with Gasteiger partial charge in [-0.05, 0) is 26.3 Å². The summed E-state index contributed by atoms with van der Waals surface area (Å²) in [5.74, 6) is 0. The van der Waals surface area contributed by atoms with Crippen molar-refractivity contribution in [2.45, 2.75) is 27.2 Å². The zero-order chi connectivity index (χ0) is 10.7. The fourth-order valence-corrected chi connectivity index (χ4v) is 1.59. The molecule has 0 atom stereocenters. The summed E-state index contributed by atoms with van der Waals surface area (Å²) < 4.78 is 0. The Balaban J connectivity index is 3.07. The molecule has 0 radical (unpaired) electrons. The van der Waals surface area contributed by atoms with Gasteiger partial charge in [-0.3, -0.25) is 4.98 Å². The molecule has 0 saturated carbocycles. The molecule has 0 aliphatic rings. The molecule has 1 rings (SSSR count). The maximum Gasteiger partial charge on any atom is 0.0768 e. The first-order valence-corrected chi connectivity index (χ1v) is 5.01. The van der Waals surface area contributed by atoms with Gasteiger partial charge in [-0.1, -0.05) is 6.92 Å². The average Bonchev–Trinajstić information content (AvgIpc) is 2.11. The Kier molecular flexibility index (Phi) is 3.33. The van der Waals surface area contributed by atoms with Crippen LogP contribution in [0.3, 0.4) is 0 Å². The second kappa shape index (κ2) is 4.31. The third-order valence-electron chi connectivity index (χ3n) is 2.33. The molecule has 0 aliphatic carbocycles. The first-order valence-electron chi connectivity index (χ1n) is 5.01. The van der Waals surface area contributed by atoms with Crippen molar-refractivity contribution in [3.63, 3.8) is 0 Å². The van der Waals surface area contributed by atoms with Crippen molar-refractivity contribution in [2.75, 3.05) is 24.2 Å². The van der Waals surface area contributed by atoms with Crippen LogP contribution in [0.25, 0.3) is 0 Å². The van der Waals surface area contributed by atoms with E-state index in [0.717, 1.165) is 35.7 Å². The molecule has 0 aromatic carbocycles. The highest BCUT2D eigenvalue weighted by Crippen LogP contribution is 2.25. The molecule has 0 fully saturated rings. The van der Waals surface area contributed by atoms with Crippen molar-refractivity contribution in [2.24, 2.45) is 0 Å². The minimum atomic E-state index is 0.798. The summed E-state index contributed by atoms with van der Waals surface area (Å²) in [4.78, 5) is 6.50. The van der Waals surface area contributed by atoms with Gasteiger partial charge in [0.15, 0.2) is 0 Å². The third-order valence-corrected chi connectivity index (χ3v) is 2.33. The lowest BCUT2D eigenvalue weighted by Gasteiger charge is -2.21. The van der Waals surface area contributed by atoms with E-state index in [1.165, 1.54) is 0 Å². The van der Waals surface area contributed by atoms with Crippen LogP contribution in [0, 0.1) is 13.8 Å². The van der Waals surface area contributed by atoms with Gasteiger partial charge < -0.3 is 10.6 Å². The van der Waals surface area contributed by atoms with Gasteiger partial charge in [0.05, 0.1) is 17.1 Å². The number of hydrogen-bond donors (Lipinski definition) is 1. The van der Waals surface area contributed by atoms with Gasteiger partial charge in [0.2, 0.25) is 0 Å². The minimum Gasteiger partial charge on any atom is -0.396 e. The quantitative estimate of drug-likeness (QED) is 0.799. The number of anilines is 2.